The highest BCUT2D eigenvalue weighted by Gasteiger charge is 2.38. The molecule has 3 unspecified atom stereocenters. The monoisotopic (exact) mass is 270 g/mol. The number of methoxy groups -OCH3 is 1. The van der Waals surface area contributed by atoms with Gasteiger partial charge in [0.15, 0.2) is 0 Å². The van der Waals surface area contributed by atoms with Crippen LogP contribution < -0.4 is 11.1 Å². The smallest absolute Gasteiger partial charge is 0.225 e. The molecule has 4 nitrogen and oxygen atoms in total. The summed E-state index contributed by atoms with van der Waals surface area (Å²) in [6.07, 6.45) is 4.06. The van der Waals surface area contributed by atoms with E-state index < -0.39 is 0 Å². The first kappa shape index (κ1) is 16.4. The van der Waals surface area contributed by atoms with E-state index in [4.69, 9.17) is 10.5 Å². The fraction of sp³-hybridized carbons (Fsp3) is 0.933. The molecule has 1 fully saturated rings. The van der Waals surface area contributed by atoms with Gasteiger partial charge in [-0.05, 0) is 25.2 Å². The Morgan fingerprint density at radius 2 is 2.11 bits per heavy atom. The lowest BCUT2D eigenvalue weighted by atomic mass is 9.74. The van der Waals surface area contributed by atoms with Crippen LogP contribution >= 0.6 is 0 Å². The number of rotatable bonds is 4. The molecule has 0 radical (unpaired) electrons. The maximum Gasteiger partial charge on any atom is 0.225 e. The van der Waals surface area contributed by atoms with Gasteiger partial charge >= 0.3 is 0 Å². The first-order chi connectivity index (χ1) is 8.68. The van der Waals surface area contributed by atoms with Crippen molar-refractivity contribution in [3.05, 3.63) is 0 Å². The molecule has 0 saturated heterocycles. The molecule has 3 atom stereocenters. The average Bonchev–Trinajstić information content (AvgIpc) is 2.27. The summed E-state index contributed by atoms with van der Waals surface area (Å²) in [6, 6.07) is 0. The Morgan fingerprint density at radius 1 is 1.47 bits per heavy atom. The van der Waals surface area contributed by atoms with E-state index in [-0.39, 0.29) is 28.9 Å². The summed E-state index contributed by atoms with van der Waals surface area (Å²) in [5.74, 6) is 0.00900. The maximum atomic E-state index is 12.3. The van der Waals surface area contributed by atoms with Gasteiger partial charge in [0.05, 0.1) is 12.0 Å². The van der Waals surface area contributed by atoms with Gasteiger partial charge in [-0.3, -0.25) is 4.79 Å². The highest BCUT2D eigenvalue weighted by Crippen LogP contribution is 2.31. The van der Waals surface area contributed by atoms with Gasteiger partial charge in [-0.25, -0.2) is 0 Å². The third-order valence-electron chi connectivity index (χ3n) is 4.28. The molecule has 1 aliphatic rings. The second-order valence-electron chi connectivity index (χ2n) is 7.14. The fourth-order valence-electron chi connectivity index (χ4n) is 2.85. The van der Waals surface area contributed by atoms with Crippen molar-refractivity contribution in [1.29, 1.82) is 0 Å². The van der Waals surface area contributed by atoms with Crippen molar-refractivity contribution >= 4 is 5.91 Å². The van der Waals surface area contributed by atoms with Crippen LogP contribution in [0.5, 0.6) is 0 Å². The van der Waals surface area contributed by atoms with Crippen molar-refractivity contribution in [3.8, 4) is 0 Å². The molecule has 1 saturated carbocycles. The highest BCUT2D eigenvalue weighted by molar-refractivity contribution is 5.80. The van der Waals surface area contributed by atoms with Crippen molar-refractivity contribution in [2.75, 3.05) is 13.7 Å². The zero-order chi connectivity index (χ0) is 14.7. The standard InChI is InChI=1S/C15H30N2O2/c1-14(2,3)12(19-5)10-17-13(18)11-8-6-7-9-15(11,4)16/h11-12H,6-10,16H2,1-5H3,(H,17,18). The van der Waals surface area contributed by atoms with E-state index in [1.165, 1.54) is 0 Å². The molecule has 0 aliphatic heterocycles. The minimum atomic E-state index is -0.368. The van der Waals surface area contributed by atoms with E-state index in [9.17, 15) is 4.79 Å². The molecule has 0 aromatic heterocycles. The molecule has 1 rings (SSSR count). The van der Waals surface area contributed by atoms with E-state index in [1.54, 1.807) is 7.11 Å². The molecular formula is C15H30N2O2. The minimum absolute atomic E-state index is 0.0145. The first-order valence-electron chi connectivity index (χ1n) is 7.28. The number of carbonyl (C=O) groups is 1. The van der Waals surface area contributed by atoms with E-state index in [2.05, 4.69) is 26.1 Å². The third-order valence-corrected chi connectivity index (χ3v) is 4.28. The van der Waals surface area contributed by atoms with Gasteiger partial charge in [0.1, 0.15) is 0 Å². The van der Waals surface area contributed by atoms with Crippen molar-refractivity contribution in [2.24, 2.45) is 17.1 Å². The van der Waals surface area contributed by atoms with Crippen LogP contribution in [0.15, 0.2) is 0 Å². The summed E-state index contributed by atoms with van der Waals surface area (Å²) in [4.78, 5) is 12.3. The molecule has 0 bridgehead atoms. The minimum Gasteiger partial charge on any atom is -0.379 e. The lowest BCUT2D eigenvalue weighted by molar-refractivity contribution is -0.129. The maximum absolute atomic E-state index is 12.3. The topological polar surface area (TPSA) is 64.3 Å². The molecule has 112 valence electrons. The average molecular weight is 270 g/mol. The molecule has 0 aromatic carbocycles. The number of ether oxygens (including phenoxy) is 1. The van der Waals surface area contributed by atoms with E-state index in [0.717, 1.165) is 25.7 Å². The summed E-state index contributed by atoms with van der Waals surface area (Å²) in [7, 11) is 1.69. The zero-order valence-corrected chi connectivity index (χ0v) is 13.1. The summed E-state index contributed by atoms with van der Waals surface area (Å²) in [6.45, 7) is 8.88. The fourth-order valence-corrected chi connectivity index (χ4v) is 2.85. The molecular weight excluding hydrogens is 240 g/mol. The number of hydrogen-bond donors (Lipinski definition) is 2. The van der Waals surface area contributed by atoms with Crippen LogP contribution in [0, 0.1) is 11.3 Å². The van der Waals surface area contributed by atoms with Crippen LogP contribution in [0.4, 0.5) is 0 Å². The van der Waals surface area contributed by atoms with Gasteiger partial charge in [0.25, 0.3) is 0 Å². The predicted molar refractivity (Wildman–Crippen MR) is 77.8 cm³/mol. The molecule has 0 heterocycles. The molecule has 1 aliphatic carbocycles. The van der Waals surface area contributed by atoms with Crippen molar-refractivity contribution < 1.29 is 9.53 Å². The zero-order valence-electron chi connectivity index (χ0n) is 13.1. The quantitative estimate of drug-likeness (QED) is 0.822. The second kappa shape index (κ2) is 6.23. The van der Waals surface area contributed by atoms with Gasteiger partial charge in [0.2, 0.25) is 5.91 Å². The first-order valence-corrected chi connectivity index (χ1v) is 7.28. The molecule has 4 heteroatoms. The summed E-state index contributed by atoms with van der Waals surface area (Å²) < 4.78 is 5.46. The largest absolute Gasteiger partial charge is 0.379 e. The van der Waals surface area contributed by atoms with Crippen LogP contribution in [0.25, 0.3) is 0 Å². The van der Waals surface area contributed by atoms with E-state index in [1.807, 2.05) is 6.92 Å². The summed E-state index contributed by atoms with van der Waals surface area (Å²) >= 11 is 0. The van der Waals surface area contributed by atoms with Crippen LogP contribution in [0.2, 0.25) is 0 Å². The molecule has 3 N–H and O–H groups in total. The van der Waals surface area contributed by atoms with Gasteiger partial charge in [0, 0.05) is 19.2 Å². The number of carbonyl (C=O) groups excluding carboxylic acids is 1. The SMILES string of the molecule is COC(CNC(=O)C1CCCCC1(C)N)C(C)(C)C. The Labute approximate surface area is 117 Å². The Kier molecular flexibility index (Phi) is 5.39. The van der Waals surface area contributed by atoms with Gasteiger partial charge in [-0.2, -0.15) is 0 Å². The molecule has 1 amide bonds. The molecule has 0 spiro atoms. The third kappa shape index (κ3) is 4.46. The summed E-state index contributed by atoms with van der Waals surface area (Å²) in [5, 5.41) is 3.02. The van der Waals surface area contributed by atoms with Crippen molar-refractivity contribution in [2.45, 2.75) is 65.0 Å². The van der Waals surface area contributed by atoms with Crippen LogP contribution in [0.1, 0.15) is 53.4 Å². The number of hydrogen-bond acceptors (Lipinski definition) is 3. The Morgan fingerprint density at radius 3 is 2.58 bits per heavy atom. The molecule has 19 heavy (non-hydrogen) atoms. The second-order valence-corrected chi connectivity index (χ2v) is 7.14. The lowest BCUT2D eigenvalue weighted by Crippen LogP contribution is -2.54. The van der Waals surface area contributed by atoms with E-state index in [0.29, 0.717) is 6.54 Å². The van der Waals surface area contributed by atoms with Crippen molar-refractivity contribution in [3.63, 3.8) is 0 Å². The van der Waals surface area contributed by atoms with Gasteiger partial charge in [-0.1, -0.05) is 33.6 Å². The highest BCUT2D eigenvalue weighted by atomic mass is 16.5. The Hall–Kier alpha value is -0.610. The Bertz CT molecular complexity index is 308. The van der Waals surface area contributed by atoms with E-state index >= 15 is 0 Å². The molecule has 0 aromatic rings. The number of nitrogens with one attached hydrogen (secondary N) is 1. The van der Waals surface area contributed by atoms with Gasteiger partial charge in [-0.15, -0.1) is 0 Å². The van der Waals surface area contributed by atoms with Crippen LogP contribution in [-0.4, -0.2) is 31.2 Å². The predicted octanol–water partition coefficient (Wildman–Crippen LogP) is 2.07. The lowest BCUT2D eigenvalue weighted by Gasteiger charge is -2.38. The summed E-state index contributed by atoms with van der Waals surface area (Å²) in [5.41, 5.74) is 5.90. The number of nitrogens with two attached hydrogens (primary N) is 1. The van der Waals surface area contributed by atoms with Gasteiger partial charge < -0.3 is 15.8 Å². The Balaban J connectivity index is 2.55. The normalized spacial score (nSPS) is 29.9. The number of amides is 1. The van der Waals surface area contributed by atoms with Crippen molar-refractivity contribution in [1.82, 2.24) is 5.32 Å². The van der Waals surface area contributed by atoms with Crippen LogP contribution in [-0.2, 0) is 9.53 Å². The van der Waals surface area contributed by atoms with Crippen LogP contribution in [0.3, 0.4) is 0 Å².